The van der Waals surface area contributed by atoms with Crippen LogP contribution in [0.4, 0.5) is 0 Å². The lowest BCUT2D eigenvalue weighted by molar-refractivity contribution is -0.136. The van der Waals surface area contributed by atoms with E-state index < -0.39 is 10.0 Å². The third-order valence-corrected chi connectivity index (χ3v) is 7.59. The van der Waals surface area contributed by atoms with Crippen LogP contribution in [0, 0.1) is 5.92 Å². The standard InChI is InChI=1S/C20H31N3O3S/c1-2-27(25,26)23-13-9-19(10-14-23)20(24)22-12-6-11-21(15-16-22)17-18-7-4-3-5-8-18/h3-5,7-8,19H,2,6,9-17H2,1H3. The number of carbonyl (C=O) groups is 1. The Balaban J connectivity index is 1.50. The second-order valence-electron chi connectivity index (χ2n) is 7.51. The molecule has 0 spiro atoms. The lowest BCUT2D eigenvalue weighted by atomic mass is 9.96. The van der Waals surface area contributed by atoms with Gasteiger partial charge in [0.25, 0.3) is 0 Å². The van der Waals surface area contributed by atoms with Crippen LogP contribution in [0.25, 0.3) is 0 Å². The molecule has 2 heterocycles. The molecule has 0 unspecified atom stereocenters. The fourth-order valence-electron chi connectivity index (χ4n) is 4.01. The van der Waals surface area contributed by atoms with E-state index >= 15 is 0 Å². The first kappa shape index (κ1) is 20.3. The van der Waals surface area contributed by atoms with Gasteiger partial charge in [-0.15, -0.1) is 0 Å². The van der Waals surface area contributed by atoms with Gasteiger partial charge in [-0.1, -0.05) is 30.3 Å². The Morgan fingerprint density at radius 1 is 1.00 bits per heavy atom. The van der Waals surface area contributed by atoms with E-state index in [1.807, 2.05) is 11.0 Å². The first-order valence-corrected chi connectivity index (χ1v) is 11.6. The summed E-state index contributed by atoms with van der Waals surface area (Å²) in [4.78, 5) is 17.4. The van der Waals surface area contributed by atoms with Gasteiger partial charge in [-0.3, -0.25) is 9.69 Å². The van der Waals surface area contributed by atoms with E-state index in [0.717, 1.165) is 39.1 Å². The van der Waals surface area contributed by atoms with Crippen molar-refractivity contribution in [2.45, 2.75) is 32.7 Å². The number of piperidine rings is 1. The van der Waals surface area contributed by atoms with Crippen LogP contribution in [-0.4, -0.2) is 73.5 Å². The molecular weight excluding hydrogens is 362 g/mol. The Bertz CT molecular complexity index is 715. The van der Waals surface area contributed by atoms with Gasteiger partial charge in [0.1, 0.15) is 0 Å². The molecule has 6 nitrogen and oxygen atoms in total. The van der Waals surface area contributed by atoms with Crippen molar-refractivity contribution >= 4 is 15.9 Å². The Hall–Kier alpha value is -1.44. The summed E-state index contributed by atoms with van der Waals surface area (Å²) < 4.78 is 25.5. The number of benzene rings is 1. The van der Waals surface area contributed by atoms with E-state index in [9.17, 15) is 13.2 Å². The molecule has 1 aromatic carbocycles. The molecule has 1 amide bonds. The Morgan fingerprint density at radius 2 is 1.70 bits per heavy atom. The van der Waals surface area contributed by atoms with Gasteiger partial charge in [-0.2, -0.15) is 0 Å². The van der Waals surface area contributed by atoms with Crippen molar-refractivity contribution in [3.05, 3.63) is 35.9 Å². The van der Waals surface area contributed by atoms with Crippen molar-refractivity contribution < 1.29 is 13.2 Å². The normalized spacial score (nSPS) is 21.1. The third-order valence-electron chi connectivity index (χ3n) is 5.71. The van der Waals surface area contributed by atoms with Crippen LogP contribution in [0.15, 0.2) is 30.3 Å². The maximum atomic E-state index is 12.9. The van der Waals surface area contributed by atoms with Gasteiger partial charge in [0.05, 0.1) is 5.75 Å². The van der Waals surface area contributed by atoms with E-state index in [2.05, 4.69) is 29.2 Å². The molecule has 2 saturated heterocycles. The molecule has 150 valence electrons. The van der Waals surface area contributed by atoms with Crippen LogP contribution in [0.1, 0.15) is 31.7 Å². The lowest BCUT2D eigenvalue weighted by Crippen LogP contribution is -2.45. The second-order valence-corrected chi connectivity index (χ2v) is 9.77. The average molecular weight is 394 g/mol. The molecule has 27 heavy (non-hydrogen) atoms. The monoisotopic (exact) mass is 393 g/mol. The molecule has 0 atom stereocenters. The molecule has 0 N–H and O–H groups in total. The predicted octanol–water partition coefficient (Wildman–Crippen LogP) is 1.78. The van der Waals surface area contributed by atoms with Crippen LogP contribution in [0.3, 0.4) is 0 Å². The Morgan fingerprint density at radius 3 is 2.37 bits per heavy atom. The molecule has 2 aliphatic rings. The highest BCUT2D eigenvalue weighted by molar-refractivity contribution is 7.89. The smallest absolute Gasteiger partial charge is 0.225 e. The Labute approximate surface area is 163 Å². The SMILES string of the molecule is CCS(=O)(=O)N1CCC(C(=O)N2CCCN(Cc3ccccc3)CC2)CC1. The maximum Gasteiger partial charge on any atom is 0.225 e. The van der Waals surface area contributed by atoms with Crippen LogP contribution < -0.4 is 0 Å². The molecule has 0 saturated carbocycles. The highest BCUT2D eigenvalue weighted by Gasteiger charge is 2.32. The third kappa shape index (κ3) is 5.30. The number of hydrogen-bond donors (Lipinski definition) is 0. The van der Waals surface area contributed by atoms with Crippen LogP contribution in [-0.2, 0) is 21.4 Å². The van der Waals surface area contributed by atoms with E-state index in [1.54, 1.807) is 11.2 Å². The number of amides is 1. The number of hydrogen-bond acceptors (Lipinski definition) is 4. The van der Waals surface area contributed by atoms with Crippen LogP contribution in [0.2, 0.25) is 0 Å². The lowest BCUT2D eigenvalue weighted by Gasteiger charge is -2.33. The predicted molar refractivity (Wildman–Crippen MR) is 107 cm³/mol. The summed E-state index contributed by atoms with van der Waals surface area (Å²) in [5.74, 6) is 0.314. The quantitative estimate of drug-likeness (QED) is 0.765. The fraction of sp³-hybridized carbons (Fsp3) is 0.650. The zero-order valence-corrected chi connectivity index (χ0v) is 17.0. The van der Waals surface area contributed by atoms with Crippen molar-refractivity contribution in [2.24, 2.45) is 5.92 Å². The molecule has 1 aromatic rings. The topological polar surface area (TPSA) is 60.9 Å². The first-order valence-electron chi connectivity index (χ1n) is 10.0. The zero-order chi connectivity index (χ0) is 19.3. The summed E-state index contributed by atoms with van der Waals surface area (Å²) in [6.07, 6.45) is 2.27. The summed E-state index contributed by atoms with van der Waals surface area (Å²) >= 11 is 0. The molecule has 3 rings (SSSR count). The molecule has 0 aliphatic carbocycles. The first-order chi connectivity index (χ1) is 13.0. The average Bonchev–Trinajstić information content (AvgIpc) is 2.94. The van der Waals surface area contributed by atoms with Gasteiger partial charge in [0.15, 0.2) is 0 Å². The zero-order valence-electron chi connectivity index (χ0n) is 16.2. The van der Waals surface area contributed by atoms with E-state index in [4.69, 9.17) is 0 Å². The summed E-state index contributed by atoms with van der Waals surface area (Å²) in [5, 5.41) is 0. The molecule has 0 aromatic heterocycles. The summed E-state index contributed by atoms with van der Waals surface area (Å²) in [6.45, 7) is 7.01. The number of sulfonamides is 1. The number of carbonyl (C=O) groups excluding carboxylic acids is 1. The minimum absolute atomic E-state index is 0.0334. The highest BCUT2D eigenvalue weighted by atomic mass is 32.2. The van der Waals surface area contributed by atoms with Gasteiger partial charge < -0.3 is 4.90 Å². The minimum atomic E-state index is -3.14. The number of nitrogens with zero attached hydrogens (tertiary/aromatic N) is 3. The van der Waals surface area contributed by atoms with Crippen molar-refractivity contribution in [3.8, 4) is 0 Å². The number of rotatable bonds is 5. The van der Waals surface area contributed by atoms with Crippen molar-refractivity contribution in [2.75, 3.05) is 45.0 Å². The molecule has 0 radical (unpaired) electrons. The van der Waals surface area contributed by atoms with Gasteiger partial charge in [0.2, 0.25) is 15.9 Å². The van der Waals surface area contributed by atoms with Crippen molar-refractivity contribution in [1.29, 1.82) is 0 Å². The molecular formula is C20H31N3O3S. The van der Waals surface area contributed by atoms with Crippen LogP contribution >= 0.6 is 0 Å². The van der Waals surface area contributed by atoms with E-state index in [-0.39, 0.29) is 17.6 Å². The minimum Gasteiger partial charge on any atom is -0.341 e. The molecule has 2 aliphatic heterocycles. The Kier molecular flexibility index (Phi) is 6.89. The maximum absolute atomic E-state index is 12.9. The van der Waals surface area contributed by atoms with Gasteiger partial charge >= 0.3 is 0 Å². The van der Waals surface area contributed by atoms with Crippen molar-refractivity contribution in [3.63, 3.8) is 0 Å². The van der Waals surface area contributed by atoms with Crippen molar-refractivity contribution in [1.82, 2.24) is 14.1 Å². The molecule has 0 bridgehead atoms. The van der Waals surface area contributed by atoms with E-state index in [1.165, 1.54) is 5.56 Å². The second kappa shape index (κ2) is 9.17. The van der Waals surface area contributed by atoms with E-state index in [0.29, 0.717) is 25.9 Å². The summed E-state index contributed by atoms with van der Waals surface area (Å²) in [6, 6.07) is 10.4. The largest absolute Gasteiger partial charge is 0.341 e. The fourth-order valence-corrected chi connectivity index (χ4v) is 5.15. The summed E-state index contributed by atoms with van der Waals surface area (Å²) in [7, 11) is -3.14. The molecule has 2 fully saturated rings. The van der Waals surface area contributed by atoms with Gasteiger partial charge in [-0.05, 0) is 31.7 Å². The summed E-state index contributed by atoms with van der Waals surface area (Å²) in [5.41, 5.74) is 1.31. The van der Waals surface area contributed by atoms with Gasteiger partial charge in [0, 0.05) is 51.7 Å². The van der Waals surface area contributed by atoms with Gasteiger partial charge in [-0.25, -0.2) is 12.7 Å². The highest BCUT2D eigenvalue weighted by Crippen LogP contribution is 2.22. The van der Waals surface area contributed by atoms with Crippen LogP contribution in [0.5, 0.6) is 0 Å². The molecule has 7 heteroatoms.